The fourth-order valence-corrected chi connectivity index (χ4v) is 5.83. The van der Waals surface area contributed by atoms with Gasteiger partial charge in [-0.3, -0.25) is 10.1 Å². The predicted octanol–water partition coefficient (Wildman–Crippen LogP) is 3.38. The third kappa shape index (κ3) is 4.22. The van der Waals surface area contributed by atoms with Gasteiger partial charge in [-0.1, -0.05) is 35.9 Å². The lowest BCUT2D eigenvalue weighted by Gasteiger charge is -2.13. The number of furan rings is 1. The maximum Gasteiger partial charge on any atom is 0.295 e. The van der Waals surface area contributed by atoms with E-state index in [-0.39, 0.29) is 26.8 Å². The van der Waals surface area contributed by atoms with E-state index in [1.165, 1.54) is 42.5 Å². The largest absolute Gasteiger partial charge is 0.443 e. The zero-order valence-corrected chi connectivity index (χ0v) is 18.6. The number of hydrogen-bond acceptors (Lipinski definition) is 7. The summed E-state index contributed by atoms with van der Waals surface area (Å²) in [5, 5.41) is 17.8. The van der Waals surface area contributed by atoms with Crippen molar-refractivity contribution in [3.63, 3.8) is 0 Å². The maximum absolute atomic E-state index is 13.1. The van der Waals surface area contributed by atoms with Gasteiger partial charge in [0.05, 0.1) is 22.0 Å². The third-order valence-corrected chi connectivity index (χ3v) is 7.73. The van der Waals surface area contributed by atoms with Crippen LogP contribution >= 0.6 is 11.6 Å². The third-order valence-electron chi connectivity index (χ3n) is 4.57. The van der Waals surface area contributed by atoms with Crippen LogP contribution in [0.5, 0.6) is 0 Å². The van der Waals surface area contributed by atoms with Gasteiger partial charge in [0.2, 0.25) is 5.09 Å². The number of fused-ring (bicyclic) bond motifs is 1. The van der Waals surface area contributed by atoms with Crippen molar-refractivity contribution in [3.05, 3.63) is 82.9 Å². The Labute approximate surface area is 187 Å². The van der Waals surface area contributed by atoms with Gasteiger partial charge in [0, 0.05) is 16.5 Å². The number of anilines is 1. The van der Waals surface area contributed by atoms with E-state index in [9.17, 15) is 22.0 Å². The number of nitrogens with zero attached hydrogens (tertiary/aromatic N) is 1. The number of rotatable bonds is 6. The standard InChI is InChI=1S/C20H16ClN3O6S2/c21-14-8-9-18(31(26,27)12-15-5-3-7-19(22)24(15)25)16(11-14)23-32(28,29)20-10-13-4-1-2-6-17(13)30-20/h1-11,22-23,25H,12H2. The van der Waals surface area contributed by atoms with E-state index < -0.39 is 30.7 Å². The number of hydrogen-bond donors (Lipinski definition) is 3. The van der Waals surface area contributed by atoms with Crippen molar-refractivity contribution in [3.8, 4) is 0 Å². The number of aromatic nitrogens is 1. The molecule has 0 saturated carbocycles. The Morgan fingerprint density at radius 1 is 1.00 bits per heavy atom. The van der Waals surface area contributed by atoms with E-state index >= 15 is 0 Å². The SMILES string of the molecule is N=c1cccc(CS(=O)(=O)c2ccc(Cl)cc2NS(=O)(=O)c2cc3ccccc3o2)n1O. The van der Waals surface area contributed by atoms with E-state index in [1.54, 1.807) is 24.3 Å². The molecule has 12 heteroatoms. The molecule has 0 aliphatic heterocycles. The number of halogens is 1. The second-order valence-electron chi connectivity index (χ2n) is 6.82. The Morgan fingerprint density at radius 2 is 1.75 bits per heavy atom. The molecule has 2 heterocycles. The van der Waals surface area contributed by atoms with Crippen LogP contribution in [0.1, 0.15) is 5.69 Å². The lowest BCUT2D eigenvalue weighted by Crippen LogP contribution is -2.22. The number of benzene rings is 2. The smallest absolute Gasteiger partial charge is 0.295 e. The van der Waals surface area contributed by atoms with Gasteiger partial charge in [0.25, 0.3) is 10.0 Å². The molecule has 32 heavy (non-hydrogen) atoms. The van der Waals surface area contributed by atoms with Gasteiger partial charge >= 0.3 is 0 Å². The highest BCUT2D eigenvalue weighted by Crippen LogP contribution is 2.31. The molecule has 0 bridgehead atoms. The number of nitrogens with one attached hydrogen (secondary N) is 2. The van der Waals surface area contributed by atoms with Crippen molar-refractivity contribution >= 4 is 48.1 Å². The molecule has 4 aromatic rings. The Morgan fingerprint density at radius 3 is 2.50 bits per heavy atom. The lowest BCUT2D eigenvalue weighted by molar-refractivity contribution is 0.163. The quantitative estimate of drug-likeness (QED) is 0.351. The molecule has 0 atom stereocenters. The first-order valence-corrected chi connectivity index (χ1v) is 12.6. The van der Waals surface area contributed by atoms with Crippen LogP contribution in [0.15, 0.2) is 81.1 Å². The van der Waals surface area contributed by atoms with Crippen LogP contribution in [-0.4, -0.2) is 26.8 Å². The molecule has 3 N–H and O–H groups in total. The Bertz CT molecular complexity index is 1570. The van der Waals surface area contributed by atoms with E-state index in [1.807, 2.05) is 0 Å². The highest BCUT2D eigenvalue weighted by atomic mass is 35.5. The normalized spacial score (nSPS) is 12.2. The summed E-state index contributed by atoms with van der Waals surface area (Å²) in [6.07, 6.45) is 0. The van der Waals surface area contributed by atoms with Crippen LogP contribution in [0, 0.1) is 5.41 Å². The lowest BCUT2D eigenvalue weighted by atomic mass is 10.3. The molecule has 2 aromatic carbocycles. The van der Waals surface area contributed by atoms with E-state index in [0.717, 1.165) is 0 Å². The molecule has 0 amide bonds. The zero-order valence-electron chi connectivity index (χ0n) is 16.2. The van der Waals surface area contributed by atoms with Gasteiger partial charge in [-0.05, 0) is 36.4 Å². The van der Waals surface area contributed by atoms with Crippen molar-refractivity contribution in [2.75, 3.05) is 4.72 Å². The number of pyridine rings is 1. The fraction of sp³-hybridized carbons (Fsp3) is 0.0500. The number of sulfone groups is 1. The molecule has 0 aliphatic carbocycles. The maximum atomic E-state index is 13.1. The van der Waals surface area contributed by atoms with Gasteiger partial charge in [-0.15, -0.1) is 0 Å². The second-order valence-corrected chi connectivity index (χ2v) is 10.8. The second kappa shape index (κ2) is 8.01. The zero-order chi connectivity index (χ0) is 23.1. The molecule has 0 unspecified atom stereocenters. The number of sulfonamides is 1. The molecule has 4 rings (SSSR count). The minimum atomic E-state index is -4.29. The molecular weight excluding hydrogens is 478 g/mol. The predicted molar refractivity (Wildman–Crippen MR) is 117 cm³/mol. The first-order chi connectivity index (χ1) is 15.1. The summed E-state index contributed by atoms with van der Waals surface area (Å²) < 4.78 is 60.0. The molecule has 166 valence electrons. The molecule has 2 aromatic heterocycles. The Balaban J connectivity index is 1.75. The van der Waals surface area contributed by atoms with Gasteiger partial charge in [0.1, 0.15) is 5.58 Å². The van der Waals surface area contributed by atoms with Gasteiger partial charge < -0.3 is 9.62 Å². The van der Waals surface area contributed by atoms with Crippen LogP contribution in [-0.2, 0) is 25.6 Å². The highest BCUT2D eigenvalue weighted by Gasteiger charge is 2.26. The molecule has 9 nitrogen and oxygen atoms in total. The monoisotopic (exact) mass is 493 g/mol. The first-order valence-electron chi connectivity index (χ1n) is 9.05. The van der Waals surface area contributed by atoms with Crippen LogP contribution < -0.4 is 10.2 Å². The van der Waals surface area contributed by atoms with Crippen LogP contribution in [0.3, 0.4) is 0 Å². The van der Waals surface area contributed by atoms with Crippen LogP contribution in [0.25, 0.3) is 11.0 Å². The summed E-state index contributed by atoms with van der Waals surface area (Å²) in [5.74, 6) is -0.683. The molecule has 0 radical (unpaired) electrons. The van der Waals surface area contributed by atoms with Crippen molar-refractivity contribution in [1.29, 1.82) is 5.41 Å². The van der Waals surface area contributed by atoms with Gasteiger partial charge in [0.15, 0.2) is 15.3 Å². The summed E-state index contributed by atoms with van der Waals surface area (Å²) in [7, 11) is -8.45. The van der Waals surface area contributed by atoms with Crippen LogP contribution in [0.2, 0.25) is 5.02 Å². The summed E-state index contributed by atoms with van der Waals surface area (Å²) >= 11 is 5.99. The summed E-state index contributed by atoms with van der Waals surface area (Å²) in [6, 6.07) is 15.7. The first kappa shape index (κ1) is 21.9. The van der Waals surface area contributed by atoms with E-state index in [0.29, 0.717) is 15.7 Å². The Kier molecular flexibility index (Phi) is 5.49. The van der Waals surface area contributed by atoms with Crippen molar-refractivity contribution in [2.24, 2.45) is 0 Å². The fourth-order valence-electron chi connectivity index (χ4n) is 3.07. The van der Waals surface area contributed by atoms with Gasteiger partial charge in [-0.25, -0.2) is 8.42 Å². The van der Waals surface area contributed by atoms with E-state index in [4.69, 9.17) is 21.4 Å². The average Bonchev–Trinajstić information content (AvgIpc) is 3.16. The van der Waals surface area contributed by atoms with Gasteiger partial charge in [-0.2, -0.15) is 13.1 Å². The molecular formula is C20H16ClN3O6S2. The highest BCUT2D eigenvalue weighted by molar-refractivity contribution is 7.93. The average molecular weight is 494 g/mol. The number of para-hydroxylation sites is 1. The topological polar surface area (TPSA) is 142 Å². The molecule has 0 spiro atoms. The van der Waals surface area contributed by atoms with Crippen molar-refractivity contribution in [1.82, 2.24) is 4.73 Å². The van der Waals surface area contributed by atoms with Crippen molar-refractivity contribution < 1.29 is 26.5 Å². The molecule has 0 aliphatic rings. The molecule has 0 fully saturated rings. The van der Waals surface area contributed by atoms with Crippen molar-refractivity contribution in [2.45, 2.75) is 15.7 Å². The van der Waals surface area contributed by atoms with E-state index in [2.05, 4.69) is 4.72 Å². The summed E-state index contributed by atoms with van der Waals surface area (Å²) in [4.78, 5) is -0.350. The minimum Gasteiger partial charge on any atom is -0.443 e. The summed E-state index contributed by atoms with van der Waals surface area (Å²) in [5.41, 5.74) is -0.294. The summed E-state index contributed by atoms with van der Waals surface area (Å²) in [6.45, 7) is 0. The Hall–Kier alpha value is -3.28. The molecule has 0 saturated heterocycles. The minimum absolute atomic E-state index is 0.0708. The van der Waals surface area contributed by atoms with Crippen LogP contribution in [0.4, 0.5) is 5.69 Å².